The van der Waals surface area contributed by atoms with Gasteiger partial charge in [0.15, 0.2) is 0 Å². The number of fused-ring (bicyclic) bond motifs is 1. The number of aromatic nitrogens is 1. The van der Waals surface area contributed by atoms with Gasteiger partial charge < -0.3 is 20.6 Å². The Morgan fingerprint density at radius 3 is 2.75 bits per heavy atom. The van der Waals surface area contributed by atoms with Gasteiger partial charge in [-0.25, -0.2) is 9.78 Å². The number of piperazine rings is 1. The van der Waals surface area contributed by atoms with Crippen molar-refractivity contribution >= 4 is 11.9 Å². The molecule has 6 nitrogen and oxygen atoms in total. The Bertz CT molecular complexity index is 512. The van der Waals surface area contributed by atoms with Gasteiger partial charge in [-0.3, -0.25) is 0 Å². The van der Waals surface area contributed by atoms with E-state index in [1.165, 1.54) is 16.0 Å². The molecule has 1 saturated heterocycles. The molecular weight excluding hydrogens is 256 g/mol. The standard InChI is InChI=1S/C14H20N4O2/c15-12-2-1-10-8-13(16-9-11(10)7-12)17-3-5-18(6-4-17)14(19)20/h8-9,12H,1-7,15H2,(H,19,20)/t12-/m0/s1. The van der Waals surface area contributed by atoms with E-state index in [1.807, 2.05) is 6.20 Å². The molecule has 3 N–H and O–H groups in total. The summed E-state index contributed by atoms with van der Waals surface area (Å²) in [5, 5.41) is 8.96. The lowest BCUT2D eigenvalue weighted by Crippen LogP contribution is -2.48. The fraction of sp³-hybridized carbons (Fsp3) is 0.571. The number of hydrogen-bond donors (Lipinski definition) is 2. The Balaban J connectivity index is 1.71. The minimum absolute atomic E-state index is 0.259. The van der Waals surface area contributed by atoms with E-state index in [1.54, 1.807) is 0 Å². The lowest BCUT2D eigenvalue weighted by atomic mass is 9.90. The predicted octanol–water partition coefficient (Wildman–Crippen LogP) is 0.698. The monoisotopic (exact) mass is 276 g/mol. The maximum absolute atomic E-state index is 10.9. The number of nitrogens with two attached hydrogens (primary N) is 1. The highest BCUT2D eigenvalue weighted by Crippen LogP contribution is 2.24. The van der Waals surface area contributed by atoms with Gasteiger partial charge in [0.05, 0.1) is 0 Å². The Kier molecular flexibility index (Phi) is 3.48. The summed E-state index contributed by atoms with van der Waals surface area (Å²) in [6.45, 7) is 2.49. The van der Waals surface area contributed by atoms with Crippen LogP contribution in [0.1, 0.15) is 17.5 Å². The van der Waals surface area contributed by atoms with Crippen LogP contribution in [0.25, 0.3) is 0 Å². The summed E-state index contributed by atoms with van der Waals surface area (Å²) in [7, 11) is 0. The molecule has 1 amide bonds. The van der Waals surface area contributed by atoms with Crippen molar-refractivity contribution in [1.82, 2.24) is 9.88 Å². The number of hydrogen-bond acceptors (Lipinski definition) is 4. The summed E-state index contributed by atoms with van der Waals surface area (Å²) >= 11 is 0. The zero-order valence-electron chi connectivity index (χ0n) is 11.5. The molecular formula is C14H20N4O2. The highest BCUT2D eigenvalue weighted by Gasteiger charge is 2.23. The average molecular weight is 276 g/mol. The molecule has 2 aliphatic rings. The number of carbonyl (C=O) groups is 1. The van der Waals surface area contributed by atoms with Crippen LogP contribution >= 0.6 is 0 Å². The van der Waals surface area contributed by atoms with E-state index in [0.717, 1.165) is 25.1 Å². The van der Waals surface area contributed by atoms with E-state index in [4.69, 9.17) is 10.8 Å². The Hall–Kier alpha value is -1.82. The molecule has 0 unspecified atom stereocenters. The average Bonchev–Trinajstić information content (AvgIpc) is 2.47. The zero-order chi connectivity index (χ0) is 14.1. The lowest BCUT2D eigenvalue weighted by molar-refractivity contribution is 0.142. The minimum atomic E-state index is -0.836. The number of pyridine rings is 1. The van der Waals surface area contributed by atoms with Crippen molar-refractivity contribution in [2.45, 2.75) is 25.3 Å². The van der Waals surface area contributed by atoms with Crippen LogP contribution < -0.4 is 10.6 Å². The molecule has 1 aromatic rings. The minimum Gasteiger partial charge on any atom is -0.465 e. The van der Waals surface area contributed by atoms with E-state index < -0.39 is 6.09 Å². The van der Waals surface area contributed by atoms with Crippen molar-refractivity contribution < 1.29 is 9.90 Å². The summed E-state index contributed by atoms with van der Waals surface area (Å²) in [6, 6.07) is 2.41. The summed E-state index contributed by atoms with van der Waals surface area (Å²) < 4.78 is 0. The number of aryl methyl sites for hydroxylation is 1. The van der Waals surface area contributed by atoms with Gasteiger partial charge in [-0.1, -0.05) is 0 Å². The predicted molar refractivity (Wildman–Crippen MR) is 76.0 cm³/mol. The third kappa shape index (κ3) is 2.56. The van der Waals surface area contributed by atoms with Crippen LogP contribution in [-0.4, -0.2) is 53.3 Å². The topological polar surface area (TPSA) is 82.7 Å². The highest BCUT2D eigenvalue weighted by atomic mass is 16.4. The smallest absolute Gasteiger partial charge is 0.407 e. The molecule has 1 aliphatic carbocycles. The van der Waals surface area contributed by atoms with Crippen molar-refractivity contribution in [1.29, 1.82) is 0 Å². The molecule has 20 heavy (non-hydrogen) atoms. The maximum Gasteiger partial charge on any atom is 0.407 e. The maximum atomic E-state index is 10.9. The molecule has 0 bridgehead atoms. The molecule has 1 atom stereocenters. The van der Waals surface area contributed by atoms with Crippen LogP contribution in [-0.2, 0) is 12.8 Å². The molecule has 0 saturated carbocycles. The molecule has 1 aromatic heterocycles. The van der Waals surface area contributed by atoms with Gasteiger partial charge in [0.2, 0.25) is 0 Å². The summed E-state index contributed by atoms with van der Waals surface area (Å²) in [5.41, 5.74) is 8.58. The first-order valence-electron chi connectivity index (χ1n) is 7.09. The van der Waals surface area contributed by atoms with Gasteiger partial charge in [0.25, 0.3) is 0 Å². The van der Waals surface area contributed by atoms with Crippen LogP contribution in [0, 0.1) is 0 Å². The molecule has 1 aliphatic heterocycles. The SMILES string of the molecule is N[C@H]1CCc2cc(N3CCN(C(=O)O)CC3)ncc2C1. The second-order valence-electron chi connectivity index (χ2n) is 5.57. The third-order valence-corrected chi connectivity index (χ3v) is 4.21. The molecule has 0 spiro atoms. The molecule has 0 radical (unpaired) electrons. The summed E-state index contributed by atoms with van der Waals surface area (Å²) in [6.07, 6.45) is 4.06. The first kappa shape index (κ1) is 13.2. The number of amides is 1. The Morgan fingerprint density at radius 1 is 1.30 bits per heavy atom. The van der Waals surface area contributed by atoms with Crippen molar-refractivity contribution in [3.63, 3.8) is 0 Å². The Morgan fingerprint density at radius 2 is 2.05 bits per heavy atom. The van der Waals surface area contributed by atoms with Crippen molar-refractivity contribution in [3.8, 4) is 0 Å². The van der Waals surface area contributed by atoms with Crippen LogP contribution in [0.5, 0.6) is 0 Å². The van der Waals surface area contributed by atoms with Gasteiger partial charge in [-0.05, 0) is 36.5 Å². The molecule has 2 heterocycles. The number of anilines is 1. The molecule has 1 fully saturated rings. The Labute approximate surface area is 118 Å². The summed E-state index contributed by atoms with van der Waals surface area (Å²) in [4.78, 5) is 19.0. The van der Waals surface area contributed by atoms with Crippen LogP contribution in [0.2, 0.25) is 0 Å². The van der Waals surface area contributed by atoms with E-state index in [-0.39, 0.29) is 6.04 Å². The number of rotatable bonds is 1. The molecule has 6 heteroatoms. The van der Waals surface area contributed by atoms with Gasteiger partial charge in [0, 0.05) is 38.4 Å². The lowest BCUT2D eigenvalue weighted by Gasteiger charge is -2.34. The van der Waals surface area contributed by atoms with Gasteiger partial charge in [0.1, 0.15) is 5.82 Å². The summed E-state index contributed by atoms with van der Waals surface area (Å²) in [5.74, 6) is 0.962. The zero-order valence-corrected chi connectivity index (χ0v) is 11.5. The van der Waals surface area contributed by atoms with Gasteiger partial charge in [-0.15, -0.1) is 0 Å². The number of nitrogens with zero attached hydrogens (tertiary/aromatic N) is 3. The van der Waals surface area contributed by atoms with E-state index in [0.29, 0.717) is 26.2 Å². The fourth-order valence-electron chi connectivity index (χ4n) is 2.95. The van der Waals surface area contributed by atoms with Crippen molar-refractivity contribution in [2.24, 2.45) is 5.73 Å². The van der Waals surface area contributed by atoms with E-state index >= 15 is 0 Å². The second-order valence-corrected chi connectivity index (χ2v) is 5.57. The number of carboxylic acid groups (broad SMARTS) is 1. The van der Waals surface area contributed by atoms with Crippen LogP contribution in [0.15, 0.2) is 12.3 Å². The largest absolute Gasteiger partial charge is 0.465 e. The normalized spacial score (nSPS) is 22.6. The first-order chi connectivity index (χ1) is 9.63. The van der Waals surface area contributed by atoms with Gasteiger partial charge >= 0.3 is 6.09 Å². The van der Waals surface area contributed by atoms with Gasteiger partial charge in [-0.2, -0.15) is 0 Å². The molecule has 108 valence electrons. The fourth-order valence-corrected chi connectivity index (χ4v) is 2.95. The first-order valence-corrected chi connectivity index (χ1v) is 7.09. The van der Waals surface area contributed by atoms with Crippen LogP contribution in [0.3, 0.4) is 0 Å². The van der Waals surface area contributed by atoms with E-state index in [2.05, 4.69) is 16.0 Å². The van der Waals surface area contributed by atoms with E-state index in [9.17, 15) is 4.79 Å². The van der Waals surface area contributed by atoms with Crippen LogP contribution in [0.4, 0.5) is 10.6 Å². The van der Waals surface area contributed by atoms with Crippen molar-refractivity contribution in [3.05, 3.63) is 23.4 Å². The molecule has 0 aromatic carbocycles. The highest BCUT2D eigenvalue weighted by molar-refractivity contribution is 5.65. The second kappa shape index (κ2) is 5.28. The quantitative estimate of drug-likeness (QED) is 0.789. The molecule has 3 rings (SSSR count). The third-order valence-electron chi connectivity index (χ3n) is 4.21. The van der Waals surface area contributed by atoms with Crippen molar-refractivity contribution in [2.75, 3.05) is 31.1 Å².